The molecule has 20 heavy (non-hydrogen) atoms. The zero-order valence-corrected chi connectivity index (χ0v) is 12.1. The molecule has 2 heteroatoms. The number of hydrogen-bond donors (Lipinski definition) is 1. The topological polar surface area (TPSA) is 21.3 Å². The van der Waals surface area contributed by atoms with Gasteiger partial charge < -0.3 is 10.1 Å². The van der Waals surface area contributed by atoms with Gasteiger partial charge in [-0.15, -0.1) is 0 Å². The van der Waals surface area contributed by atoms with E-state index in [0.717, 1.165) is 26.1 Å². The van der Waals surface area contributed by atoms with Crippen molar-refractivity contribution in [1.82, 2.24) is 5.32 Å². The number of hydrogen-bond acceptors (Lipinski definition) is 2. The Bertz CT molecular complexity index is 566. The zero-order chi connectivity index (χ0) is 13.8. The van der Waals surface area contributed by atoms with Crippen LogP contribution in [0.15, 0.2) is 42.5 Å². The fourth-order valence-electron chi connectivity index (χ4n) is 3.13. The second-order valence-corrected chi connectivity index (χ2v) is 5.68. The number of benzene rings is 2. The van der Waals surface area contributed by atoms with Crippen LogP contribution in [0.5, 0.6) is 0 Å². The lowest BCUT2D eigenvalue weighted by Crippen LogP contribution is -2.27. The first kappa shape index (κ1) is 13.6. The molecule has 1 fully saturated rings. The van der Waals surface area contributed by atoms with Gasteiger partial charge in [-0.1, -0.05) is 43.3 Å². The molecule has 1 saturated heterocycles. The predicted molar refractivity (Wildman–Crippen MR) is 83.8 cm³/mol. The standard InChI is InChI=1S/C18H23NO/c1-2-18-17(9-10-20-18)13-19-12-14-7-8-15-5-3-4-6-16(15)11-14/h3-8,11,17-19H,2,9-10,12-13H2,1H3. The quantitative estimate of drug-likeness (QED) is 0.892. The minimum absolute atomic E-state index is 0.458. The Kier molecular flexibility index (Phi) is 4.34. The molecule has 1 aliphatic heterocycles. The van der Waals surface area contributed by atoms with Crippen molar-refractivity contribution in [2.24, 2.45) is 5.92 Å². The summed E-state index contributed by atoms with van der Waals surface area (Å²) in [6, 6.07) is 15.2. The molecule has 0 spiro atoms. The molecule has 0 amide bonds. The van der Waals surface area contributed by atoms with Crippen LogP contribution >= 0.6 is 0 Å². The summed E-state index contributed by atoms with van der Waals surface area (Å²) in [7, 11) is 0. The van der Waals surface area contributed by atoms with Gasteiger partial charge in [-0.05, 0) is 41.2 Å². The summed E-state index contributed by atoms with van der Waals surface area (Å²) >= 11 is 0. The van der Waals surface area contributed by atoms with Gasteiger partial charge in [0.1, 0.15) is 0 Å². The highest BCUT2D eigenvalue weighted by Gasteiger charge is 2.25. The molecular formula is C18H23NO. The lowest BCUT2D eigenvalue weighted by atomic mass is 9.99. The van der Waals surface area contributed by atoms with E-state index < -0.39 is 0 Å². The third-order valence-electron chi connectivity index (χ3n) is 4.30. The van der Waals surface area contributed by atoms with Crippen molar-refractivity contribution in [3.8, 4) is 0 Å². The van der Waals surface area contributed by atoms with Crippen molar-refractivity contribution in [2.75, 3.05) is 13.2 Å². The maximum absolute atomic E-state index is 5.74. The summed E-state index contributed by atoms with van der Waals surface area (Å²) in [5.74, 6) is 0.681. The lowest BCUT2D eigenvalue weighted by molar-refractivity contribution is 0.0872. The summed E-state index contributed by atoms with van der Waals surface area (Å²) in [4.78, 5) is 0. The molecule has 0 aliphatic carbocycles. The number of nitrogens with one attached hydrogen (secondary N) is 1. The number of fused-ring (bicyclic) bond motifs is 1. The van der Waals surface area contributed by atoms with Gasteiger partial charge in [0.25, 0.3) is 0 Å². The van der Waals surface area contributed by atoms with Gasteiger partial charge in [-0.3, -0.25) is 0 Å². The predicted octanol–water partition coefficient (Wildman–Crippen LogP) is 3.74. The highest BCUT2D eigenvalue weighted by Crippen LogP contribution is 2.22. The molecule has 0 saturated carbocycles. The van der Waals surface area contributed by atoms with Gasteiger partial charge in [0.2, 0.25) is 0 Å². The SMILES string of the molecule is CCC1OCCC1CNCc1ccc2ccccc2c1. The van der Waals surface area contributed by atoms with Crippen LogP contribution in [0, 0.1) is 5.92 Å². The molecule has 1 N–H and O–H groups in total. The Labute approximate surface area is 121 Å². The van der Waals surface area contributed by atoms with Crippen molar-refractivity contribution >= 4 is 10.8 Å². The van der Waals surface area contributed by atoms with Gasteiger partial charge in [0, 0.05) is 19.7 Å². The molecule has 0 aromatic heterocycles. The molecule has 1 aliphatic rings. The highest BCUT2D eigenvalue weighted by molar-refractivity contribution is 5.82. The van der Waals surface area contributed by atoms with E-state index in [1.165, 1.54) is 22.8 Å². The fraction of sp³-hybridized carbons (Fsp3) is 0.444. The zero-order valence-electron chi connectivity index (χ0n) is 12.1. The lowest BCUT2D eigenvalue weighted by Gasteiger charge is -2.17. The summed E-state index contributed by atoms with van der Waals surface area (Å²) in [6.07, 6.45) is 2.78. The van der Waals surface area contributed by atoms with E-state index in [4.69, 9.17) is 4.74 Å². The van der Waals surface area contributed by atoms with Gasteiger partial charge in [0.05, 0.1) is 6.10 Å². The van der Waals surface area contributed by atoms with Gasteiger partial charge in [0.15, 0.2) is 0 Å². The summed E-state index contributed by atoms with van der Waals surface area (Å²) in [5.41, 5.74) is 1.36. The first-order valence-corrected chi connectivity index (χ1v) is 7.67. The van der Waals surface area contributed by atoms with E-state index in [2.05, 4.69) is 54.7 Å². The van der Waals surface area contributed by atoms with Gasteiger partial charge in [-0.25, -0.2) is 0 Å². The largest absolute Gasteiger partial charge is 0.378 e. The third-order valence-corrected chi connectivity index (χ3v) is 4.30. The third kappa shape index (κ3) is 3.02. The molecular weight excluding hydrogens is 246 g/mol. The smallest absolute Gasteiger partial charge is 0.0613 e. The van der Waals surface area contributed by atoms with Gasteiger partial charge in [-0.2, -0.15) is 0 Å². The normalized spacial score (nSPS) is 22.4. The molecule has 2 unspecified atom stereocenters. The van der Waals surface area contributed by atoms with Crippen LogP contribution in [0.1, 0.15) is 25.3 Å². The Morgan fingerprint density at radius 3 is 2.85 bits per heavy atom. The number of rotatable bonds is 5. The van der Waals surface area contributed by atoms with Crippen molar-refractivity contribution in [3.05, 3.63) is 48.0 Å². The minimum atomic E-state index is 0.458. The van der Waals surface area contributed by atoms with Crippen LogP contribution in [0.2, 0.25) is 0 Å². The molecule has 106 valence electrons. The summed E-state index contributed by atoms with van der Waals surface area (Å²) < 4.78 is 5.74. The average molecular weight is 269 g/mol. The molecule has 1 heterocycles. The molecule has 2 atom stereocenters. The van der Waals surface area contributed by atoms with Crippen LogP contribution in [-0.4, -0.2) is 19.3 Å². The maximum atomic E-state index is 5.74. The molecule has 0 radical (unpaired) electrons. The molecule has 3 rings (SSSR count). The van der Waals surface area contributed by atoms with E-state index in [9.17, 15) is 0 Å². The van der Waals surface area contributed by atoms with Crippen LogP contribution < -0.4 is 5.32 Å². The van der Waals surface area contributed by atoms with Crippen molar-refractivity contribution in [1.29, 1.82) is 0 Å². The first-order chi connectivity index (χ1) is 9.86. The maximum Gasteiger partial charge on any atom is 0.0613 e. The van der Waals surface area contributed by atoms with E-state index in [1.807, 2.05) is 0 Å². The van der Waals surface area contributed by atoms with E-state index >= 15 is 0 Å². The van der Waals surface area contributed by atoms with Crippen LogP contribution in [0.3, 0.4) is 0 Å². The van der Waals surface area contributed by atoms with Crippen molar-refractivity contribution < 1.29 is 4.74 Å². The van der Waals surface area contributed by atoms with Gasteiger partial charge >= 0.3 is 0 Å². The molecule has 2 aromatic carbocycles. The summed E-state index contributed by atoms with van der Waals surface area (Å²) in [6.45, 7) is 5.15. The second-order valence-electron chi connectivity index (χ2n) is 5.68. The monoisotopic (exact) mass is 269 g/mol. The minimum Gasteiger partial charge on any atom is -0.378 e. The van der Waals surface area contributed by atoms with E-state index in [1.54, 1.807) is 0 Å². The van der Waals surface area contributed by atoms with Crippen LogP contribution in [-0.2, 0) is 11.3 Å². The van der Waals surface area contributed by atoms with Crippen molar-refractivity contribution in [3.63, 3.8) is 0 Å². The van der Waals surface area contributed by atoms with E-state index in [-0.39, 0.29) is 0 Å². The van der Waals surface area contributed by atoms with Crippen molar-refractivity contribution in [2.45, 2.75) is 32.4 Å². The van der Waals surface area contributed by atoms with Crippen LogP contribution in [0.4, 0.5) is 0 Å². The Hall–Kier alpha value is -1.38. The highest BCUT2D eigenvalue weighted by atomic mass is 16.5. The average Bonchev–Trinajstić information content (AvgIpc) is 2.95. The first-order valence-electron chi connectivity index (χ1n) is 7.67. The second kappa shape index (κ2) is 6.38. The van der Waals surface area contributed by atoms with E-state index in [0.29, 0.717) is 12.0 Å². The number of ether oxygens (including phenoxy) is 1. The molecule has 0 bridgehead atoms. The Balaban J connectivity index is 1.57. The van der Waals surface area contributed by atoms with Crippen LogP contribution in [0.25, 0.3) is 10.8 Å². The molecule has 2 aromatic rings. The molecule has 2 nitrogen and oxygen atoms in total. The fourth-order valence-corrected chi connectivity index (χ4v) is 3.13. The summed E-state index contributed by atoms with van der Waals surface area (Å²) in [5, 5.41) is 6.23. The Morgan fingerprint density at radius 1 is 1.15 bits per heavy atom. The Morgan fingerprint density at radius 2 is 2.00 bits per heavy atom.